The quantitative estimate of drug-likeness (QED) is 0.445. The Kier molecular flexibility index (Phi) is 3.44. The topological polar surface area (TPSA) is 24.4 Å². The summed E-state index contributed by atoms with van der Waals surface area (Å²) in [7, 11) is 1.80. The van der Waals surface area contributed by atoms with Gasteiger partial charge in [0.2, 0.25) is 0 Å². The van der Waals surface area contributed by atoms with Gasteiger partial charge < -0.3 is 5.32 Å². The number of nitrogens with one attached hydrogen (secondary N) is 1. The average molecular weight is 124 g/mol. The molecule has 0 heterocycles. The molecule has 2 nitrogen and oxygen atoms in total. The molecule has 0 fully saturated rings. The van der Waals surface area contributed by atoms with Crippen LogP contribution in [0.5, 0.6) is 0 Å². The Labute approximate surface area is 56.0 Å². The number of rotatable bonds is 3. The number of hydrogen-bond donors (Lipinski definition) is 1. The summed E-state index contributed by atoms with van der Waals surface area (Å²) in [5.74, 6) is 0.752. The molecule has 0 radical (unpaired) electrons. The number of hydrogen-bond acceptors (Lipinski definition) is 2. The van der Waals surface area contributed by atoms with E-state index < -0.39 is 0 Å². The summed E-state index contributed by atoms with van der Waals surface area (Å²) in [5.41, 5.74) is 0.965. The van der Waals surface area contributed by atoms with Crippen LogP contribution in [-0.4, -0.2) is 13.8 Å². The normalized spacial score (nSPS) is 10.7. The zero-order valence-corrected chi connectivity index (χ0v) is 5.94. The first-order valence-corrected chi connectivity index (χ1v) is 2.72. The van der Waals surface area contributed by atoms with Gasteiger partial charge in [0.15, 0.2) is 0 Å². The van der Waals surface area contributed by atoms with Crippen molar-refractivity contribution in [2.75, 3.05) is 7.05 Å². The van der Waals surface area contributed by atoms with Crippen LogP contribution in [0.2, 0.25) is 0 Å². The highest BCUT2D eigenvalue weighted by Gasteiger charge is 1.83. The molecule has 50 valence electrons. The van der Waals surface area contributed by atoms with Crippen LogP contribution in [0.3, 0.4) is 0 Å². The van der Waals surface area contributed by atoms with Gasteiger partial charge in [-0.15, -0.1) is 0 Å². The first-order chi connectivity index (χ1) is 4.20. The molecule has 0 aromatic carbocycles. The van der Waals surface area contributed by atoms with Crippen LogP contribution in [0.1, 0.15) is 6.92 Å². The summed E-state index contributed by atoms with van der Waals surface area (Å²) in [5, 5.41) is 2.85. The largest absolute Gasteiger partial charge is 0.373 e. The van der Waals surface area contributed by atoms with Gasteiger partial charge in [0.1, 0.15) is 5.82 Å². The van der Waals surface area contributed by atoms with Crippen LogP contribution in [0.4, 0.5) is 0 Å². The Hall–Kier alpha value is -1.05. The van der Waals surface area contributed by atoms with Gasteiger partial charge in [-0.05, 0) is 19.7 Å². The summed E-state index contributed by atoms with van der Waals surface area (Å²) in [4.78, 5) is 3.69. The Morgan fingerprint density at radius 2 is 2.22 bits per heavy atom. The highest BCUT2D eigenvalue weighted by atomic mass is 15.0. The third-order valence-electron chi connectivity index (χ3n) is 0.810. The van der Waals surface area contributed by atoms with Crippen LogP contribution >= 0.6 is 0 Å². The van der Waals surface area contributed by atoms with E-state index in [0.29, 0.717) is 0 Å². The summed E-state index contributed by atoms with van der Waals surface area (Å²) < 4.78 is 0. The summed E-state index contributed by atoms with van der Waals surface area (Å²) in [6, 6.07) is 0. The molecular formula is C7H12N2. The average Bonchev–Trinajstić information content (AvgIpc) is 1.82. The lowest BCUT2D eigenvalue weighted by molar-refractivity contribution is 0.967. The van der Waals surface area contributed by atoms with Crippen LogP contribution in [0.25, 0.3) is 0 Å². The van der Waals surface area contributed by atoms with E-state index >= 15 is 0 Å². The molecular weight excluding hydrogens is 112 g/mol. The predicted molar refractivity (Wildman–Crippen MR) is 41.5 cm³/mol. The van der Waals surface area contributed by atoms with Crippen LogP contribution in [-0.2, 0) is 0 Å². The van der Waals surface area contributed by atoms with E-state index in [0.717, 1.165) is 11.4 Å². The smallest absolute Gasteiger partial charge is 0.125 e. The highest BCUT2D eigenvalue weighted by molar-refractivity contribution is 5.30. The molecule has 0 aromatic heterocycles. The van der Waals surface area contributed by atoms with E-state index in [9.17, 15) is 0 Å². The standard InChI is InChI=1S/C7H12N2/c1-6(2)5-7(8-3)9-4/h5,9H,1,3H2,2,4H3/b7-5+. The fourth-order valence-corrected chi connectivity index (χ4v) is 0.430. The van der Waals surface area contributed by atoms with Crippen molar-refractivity contribution >= 4 is 6.72 Å². The molecule has 0 aliphatic carbocycles. The molecule has 0 spiro atoms. The monoisotopic (exact) mass is 124 g/mol. The third-order valence-corrected chi connectivity index (χ3v) is 0.810. The number of allylic oxidation sites excluding steroid dienone is 2. The van der Waals surface area contributed by atoms with E-state index in [1.54, 1.807) is 7.05 Å². The Morgan fingerprint density at radius 3 is 2.33 bits per heavy atom. The van der Waals surface area contributed by atoms with Crippen molar-refractivity contribution in [1.82, 2.24) is 5.32 Å². The third kappa shape index (κ3) is 3.53. The molecule has 0 unspecified atom stereocenters. The van der Waals surface area contributed by atoms with Crippen molar-refractivity contribution in [3.63, 3.8) is 0 Å². The first-order valence-electron chi connectivity index (χ1n) is 2.72. The van der Waals surface area contributed by atoms with Gasteiger partial charge in [0.05, 0.1) is 0 Å². The van der Waals surface area contributed by atoms with Gasteiger partial charge in [-0.2, -0.15) is 0 Å². The van der Waals surface area contributed by atoms with E-state index in [1.807, 2.05) is 13.0 Å². The van der Waals surface area contributed by atoms with Crippen LogP contribution in [0, 0.1) is 0 Å². The maximum atomic E-state index is 3.69. The molecule has 0 rings (SSSR count). The number of nitrogens with zero attached hydrogens (tertiary/aromatic N) is 1. The van der Waals surface area contributed by atoms with Gasteiger partial charge in [-0.3, -0.25) is 0 Å². The Morgan fingerprint density at radius 1 is 1.67 bits per heavy atom. The highest BCUT2D eigenvalue weighted by Crippen LogP contribution is 1.95. The minimum Gasteiger partial charge on any atom is -0.373 e. The fourth-order valence-electron chi connectivity index (χ4n) is 0.430. The molecule has 0 aliphatic heterocycles. The van der Waals surface area contributed by atoms with Gasteiger partial charge in [-0.1, -0.05) is 12.2 Å². The lowest BCUT2D eigenvalue weighted by atomic mass is 10.3. The Balaban J connectivity index is 4.07. The van der Waals surface area contributed by atoms with Crippen molar-refractivity contribution in [2.24, 2.45) is 4.99 Å². The molecule has 0 aromatic rings. The molecule has 0 atom stereocenters. The molecule has 0 bridgehead atoms. The second kappa shape index (κ2) is 3.89. The van der Waals surface area contributed by atoms with E-state index in [1.165, 1.54) is 0 Å². The fraction of sp³-hybridized carbons (Fsp3) is 0.286. The molecule has 9 heavy (non-hydrogen) atoms. The van der Waals surface area contributed by atoms with Crippen LogP contribution in [0.15, 0.2) is 29.0 Å². The second-order valence-corrected chi connectivity index (χ2v) is 1.78. The zero-order chi connectivity index (χ0) is 7.28. The van der Waals surface area contributed by atoms with Crippen molar-refractivity contribution in [3.8, 4) is 0 Å². The van der Waals surface area contributed by atoms with Crippen molar-refractivity contribution in [2.45, 2.75) is 6.92 Å². The molecule has 2 heteroatoms. The molecule has 0 aliphatic rings. The summed E-state index contributed by atoms with van der Waals surface area (Å²) >= 11 is 0. The lowest BCUT2D eigenvalue weighted by Crippen LogP contribution is -2.02. The van der Waals surface area contributed by atoms with Gasteiger partial charge in [0.25, 0.3) is 0 Å². The summed E-state index contributed by atoms with van der Waals surface area (Å²) in [6.07, 6.45) is 1.83. The lowest BCUT2D eigenvalue weighted by Gasteiger charge is -1.96. The van der Waals surface area contributed by atoms with Crippen molar-refractivity contribution < 1.29 is 0 Å². The van der Waals surface area contributed by atoms with Crippen LogP contribution < -0.4 is 5.32 Å². The van der Waals surface area contributed by atoms with E-state index in [2.05, 4.69) is 23.6 Å². The maximum Gasteiger partial charge on any atom is 0.125 e. The van der Waals surface area contributed by atoms with Gasteiger partial charge in [0, 0.05) is 7.05 Å². The van der Waals surface area contributed by atoms with E-state index in [4.69, 9.17) is 0 Å². The second-order valence-electron chi connectivity index (χ2n) is 1.78. The minimum atomic E-state index is 0.752. The van der Waals surface area contributed by atoms with E-state index in [-0.39, 0.29) is 0 Å². The minimum absolute atomic E-state index is 0.752. The molecule has 1 N–H and O–H groups in total. The molecule has 0 saturated heterocycles. The molecule has 0 saturated carbocycles. The zero-order valence-electron chi connectivity index (χ0n) is 5.94. The van der Waals surface area contributed by atoms with Crippen molar-refractivity contribution in [1.29, 1.82) is 0 Å². The van der Waals surface area contributed by atoms with Gasteiger partial charge >= 0.3 is 0 Å². The summed E-state index contributed by atoms with van der Waals surface area (Å²) in [6.45, 7) is 8.95. The van der Waals surface area contributed by atoms with Crippen molar-refractivity contribution in [3.05, 3.63) is 24.0 Å². The number of aliphatic imine (C=N–C) groups is 1. The van der Waals surface area contributed by atoms with Gasteiger partial charge in [-0.25, -0.2) is 4.99 Å². The Bertz CT molecular complexity index is 145. The maximum absolute atomic E-state index is 3.69. The predicted octanol–water partition coefficient (Wildman–Crippen LogP) is 1.32. The first kappa shape index (κ1) is 7.95. The SMILES string of the molecule is C=N/C(=C\C(=C)C)NC. The molecule has 0 amide bonds.